The van der Waals surface area contributed by atoms with Gasteiger partial charge in [0.15, 0.2) is 0 Å². The highest BCUT2D eigenvalue weighted by Gasteiger charge is 2.44. The Bertz CT molecular complexity index is 639. The van der Waals surface area contributed by atoms with Crippen molar-refractivity contribution in [3.05, 3.63) is 23.0 Å². The average molecular weight is 356 g/mol. The van der Waals surface area contributed by atoms with Gasteiger partial charge < -0.3 is 20.5 Å². The summed E-state index contributed by atoms with van der Waals surface area (Å²) in [4.78, 5) is 26.9. The summed E-state index contributed by atoms with van der Waals surface area (Å²) in [5.41, 5.74) is 4.69. The topological polar surface area (TPSA) is 104 Å². The average Bonchev–Trinajstić information content (AvgIpc) is 3.23. The van der Waals surface area contributed by atoms with Crippen LogP contribution in [0.25, 0.3) is 0 Å². The molecular weight excluding hydrogens is 334 g/mol. The van der Waals surface area contributed by atoms with Gasteiger partial charge in [-0.3, -0.25) is 4.79 Å². The van der Waals surface area contributed by atoms with Crippen LogP contribution in [0.15, 0.2) is 12.3 Å². The van der Waals surface area contributed by atoms with Gasteiger partial charge in [0.05, 0.1) is 18.4 Å². The van der Waals surface area contributed by atoms with Crippen LogP contribution in [0.3, 0.4) is 0 Å². The third-order valence-electron chi connectivity index (χ3n) is 3.59. The second-order valence-electron chi connectivity index (χ2n) is 7.02. The zero-order valence-electron chi connectivity index (χ0n) is 14.0. The Hall–Kier alpha value is -2.02. The molecule has 1 aliphatic rings. The smallest absolute Gasteiger partial charge is 0.407 e. The van der Waals surface area contributed by atoms with Gasteiger partial charge in [-0.1, -0.05) is 11.6 Å². The van der Waals surface area contributed by atoms with Crippen molar-refractivity contribution in [2.75, 3.05) is 13.2 Å². The number of amides is 2. The quantitative estimate of drug-likeness (QED) is 0.763. The standard InChI is InChI=1S/C16H22ClN3O4/c1-15(2,3)24-14(22)20-8-16(4-5-16)9-23-10-6-11(13(18)21)12(17)19-7-10/h6-7H,4-5,8-9H2,1-3H3,(H2,18,21)(H,20,22). The molecule has 2 rings (SSSR count). The first-order valence-corrected chi connectivity index (χ1v) is 8.03. The van der Waals surface area contributed by atoms with Crippen molar-refractivity contribution >= 4 is 23.6 Å². The van der Waals surface area contributed by atoms with Crippen LogP contribution in [0, 0.1) is 5.41 Å². The molecule has 0 radical (unpaired) electrons. The number of aromatic nitrogens is 1. The van der Waals surface area contributed by atoms with Gasteiger partial charge in [-0.2, -0.15) is 0 Å². The Morgan fingerprint density at radius 3 is 2.62 bits per heavy atom. The fraction of sp³-hybridized carbons (Fsp3) is 0.562. The Labute approximate surface area is 145 Å². The first-order valence-electron chi connectivity index (χ1n) is 7.65. The van der Waals surface area contributed by atoms with E-state index in [1.807, 2.05) is 20.8 Å². The molecule has 7 nitrogen and oxygen atoms in total. The number of hydrogen-bond donors (Lipinski definition) is 2. The van der Waals surface area contributed by atoms with E-state index in [1.165, 1.54) is 12.3 Å². The molecule has 1 aromatic rings. The third-order valence-corrected chi connectivity index (χ3v) is 3.89. The fourth-order valence-corrected chi connectivity index (χ4v) is 2.24. The van der Waals surface area contributed by atoms with E-state index in [0.717, 1.165) is 12.8 Å². The lowest BCUT2D eigenvalue weighted by Gasteiger charge is -2.22. The van der Waals surface area contributed by atoms with Crippen molar-refractivity contribution in [3.63, 3.8) is 0 Å². The summed E-state index contributed by atoms with van der Waals surface area (Å²) in [5, 5.41) is 2.81. The Balaban J connectivity index is 1.87. The number of alkyl carbamates (subject to hydrolysis) is 1. The monoisotopic (exact) mass is 355 g/mol. The Morgan fingerprint density at radius 2 is 2.08 bits per heavy atom. The number of rotatable bonds is 6. The molecule has 0 bridgehead atoms. The van der Waals surface area contributed by atoms with Crippen molar-refractivity contribution < 1.29 is 19.1 Å². The number of nitrogens with two attached hydrogens (primary N) is 1. The number of carbonyl (C=O) groups excluding carboxylic acids is 2. The van der Waals surface area contributed by atoms with Crippen LogP contribution < -0.4 is 15.8 Å². The molecule has 1 heterocycles. The van der Waals surface area contributed by atoms with Gasteiger partial charge in [0.2, 0.25) is 0 Å². The molecule has 0 aromatic carbocycles. The summed E-state index contributed by atoms with van der Waals surface area (Å²) in [6, 6.07) is 1.47. The molecule has 0 aliphatic heterocycles. The molecule has 0 atom stereocenters. The molecule has 24 heavy (non-hydrogen) atoms. The van der Waals surface area contributed by atoms with Crippen LogP contribution in [0.5, 0.6) is 5.75 Å². The Kier molecular flexibility index (Phi) is 5.22. The second kappa shape index (κ2) is 6.84. The van der Waals surface area contributed by atoms with Crippen molar-refractivity contribution in [2.45, 2.75) is 39.2 Å². The summed E-state index contributed by atoms with van der Waals surface area (Å²) in [7, 11) is 0. The number of pyridine rings is 1. The molecule has 0 unspecified atom stereocenters. The van der Waals surface area contributed by atoms with E-state index >= 15 is 0 Å². The van der Waals surface area contributed by atoms with Crippen LogP contribution in [0.2, 0.25) is 5.15 Å². The van der Waals surface area contributed by atoms with E-state index in [4.69, 9.17) is 26.8 Å². The van der Waals surface area contributed by atoms with Crippen LogP contribution in [0.4, 0.5) is 4.79 Å². The van der Waals surface area contributed by atoms with Crippen LogP contribution in [0.1, 0.15) is 44.0 Å². The number of halogens is 1. The highest BCUT2D eigenvalue weighted by Crippen LogP contribution is 2.45. The predicted molar refractivity (Wildman–Crippen MR) is 89.2 cm³/mol. The largest absolute Gasteiger partial charge is 0.491 e. The molecule has 132 valence electrons. The number of primary amides is 1. The molecule has 1 fully saturated rings. The van der Waals surface area contributed by atoms with E-state index in [0.29, 0.717) is 18.9 Å². The Morgan fingerprint density at radius 1 is 1.42 bits per heavy atom. The van der Waals surface area contributed by atoms with Gasteiger partial charge in [0.1, 0.15) is 16.5 Å². The van der Waals surface area contributed by atoms with Gasteiger partial charge in [-0.25, -0.2) is 9.78 Å². The van der Waals surface area contributed by atoms with E-state index in [9.17, 15) is 9.59 Å². The number of carbonyl (C=O) groups is 2. The summed E-state index contributed by atoms with van der Waals surface area (Å²) < 4.78 is 10.9. The maximum Gasteiger partial charge on any atom is 0.407 e. The SMILES string of the molecule is CC(C)(C)OC(=O)NCC1(COc2cnc(Cl)c(C(N)=O)c2)CC1. The number of nitrogens with one attached hydrogen (secondary N) is 1. The number of hydrogen-bond acceptors (Lipinski definition) is 5. The van der Waals surface area contributed by atoms with Crippen LogP contribution in [-0.2, 0) is 4.74 Å². The molecule has 1 aromatic heterocycles. The molecule has 0 saturated heterocycles. The van der Waals surface area contributed by atoms with E-state index in [1.54, 1.807) is 0 Å². The fourth-order valence-electron chi connectivity index (χ4n) is 2.04. The van der Waals surface area contributed by atoms with Crippen molar-refractivity contribution in [1.82, 2.24) is 10.3 Å². The van der Waals surface area contributed by atoms with Gasteiger partial charge in [-0.15, -0.1) is 0 Å². The van der Waals surface area contributed by atoms with Gasteiger partial charge in [0, 0.05) is 12.0 Å². The third kappa shape index (κ3) is 5.26. The van der Waals surface area contributed by atoms with Gasteiger partial charge >= 0.3 is 6.09 Å². The first-order chi connectivity index (χ1) is 11.1. The van der Waals surface area contributed by atoms with Crippen LogP contribution >= 0.6 is 11.6 Å². The number of ether oxygens (including phenoxy) is 2. The summed E-state index contributed by atoms with van der Waals surface area (Å²) in [6.45, 7) is 6.29. The maximum atomic E-state index is 11.7. The molecular formula is C16H22ClN3O4. The highest BCUT2D eigenvalue weighted by atomic mass is 35.5. The molecule has 1 saturated carbocycles. The second-order valence-corrected chi connectivity index (χ2v) is 7.38. The number of nitrogens with zero attached hydrogens (tertiary/aromatic N) is 1. The zero-order chi connectivity index (χ0) is 18.0. The van der Waals surface area contributed by atoms with Crippen molar-refractivity contribution in [1.29, 1.82) is 0 Å². The lowest BCUT2D eigenvalue weighted by Crippen LogP contribution is -2.37. The lowest BCUT2D eigenvalue weighted by atomic mass is 10.1. The molecule has 3 N–H and O–H groups in total. The molecule has 8 heteroatoms. The zero-order valence-corrected chi connectivity index (χ0v) is 14.8. The van der Waals surface area contributed by atoms with Gasteiger partial charge in [-0.05, 0) is 39.7 Å². The maximum absolute atomic E-state index is 11.7. The predicted octanol–water partition coefficient (Wildman–Crippen LogP) is 2.52. The van der Waals surface area contributed by atoms with Crippen molar-refractivity contribution in [3.8, 4) is 5.75 Å². The minimum Gasteiger partial charge on any atom is -0.491 e. The van der Waals surface area contributed by atoms with E-state index in [2.05, 4.69) is 10.3 Å². The molecule has 1 aliphatic carbocycles. The summed E-state index contributed by atoms with van der Waals surface area (Å²) in [5.74, 6) is -0.248. The van der Waals surface area contributed by atoms with Crippen molar-refractivity contribution in [2.24, 2.45) is 11.1 Å². The van der Waals surface area contributed by atoms with Crippen LogP contribution in [-0.4, -0.2) is 35.7 Å². The first kappa shape index (κ1) is 18.3. The summed E-state index contributed by atoms with van der Waals surface area (Å²) >= 11 is 5.80. The van der Waals surface area contributed by atoms with E-state index < -0.39 is 17.6 Å². The van der Waals surface area contributed by atoms with E-state index in [-0.39, 0.29) is 16.1 Å². The normalized spacial score (nSPS) is 15.5. The van der Waals surface area contributed by atoms with Gasteiger partial charge in [0.25, 0.3) is 5.91 Å². The minimum absolute atomic E-state index is 0.0441. The lowest BCUT2D eigenvalue weighted by molar-refractivity contribution is 0.0509. The molecule has 2 amide bonds. The molecule has 0 spiro atoms. The summed E-state index contributed by atoms with van der Waals surface area (Å²) in [6.07, 6.45) is 2.86. The minimum atomic E-state index is -0.661. The highest BCUT2D eigenvalue weighted by molar-refractivity contribution is 6.32.